The molecule has 0 aliphatic heterocycles. The van der Waals surface area contributed by atoms with Crippen molar-refractivity contribution in [2.45, 2.75) is 13.8 Å². The topological polar surface area (TPSA) is 74.2 Å². The summed E-state index contributed by atoms with van der Waals surface area (Å²) in [5.41, 5.74) is -0.860. The summed E-state index contributed by atoms with van der Waals surface area (Å²) in [5.74, 6) is 0.208. The van der Waals surface area contributed by atoms with Gasteiger partial charge in [-0.15, -0.1) is 0 Å². The van der Waals surface area contributed by atoms with Crippen molar-refractivity contribution < 1.29 is 5.21 Å². The molecule has 5 heteroatoms. The van der Waals surface area contributed by atoms with Gasteiger partial charge in [0, 0.05) is 12.4 Å². The third kappa shape index (κ3) is 1.67. The van der Waals surface area contributed by atoms with E-state index in [1.165, 1.54) is 4.68 Å². The molecule has 0 aromatic carbocycles. The predicted octanol–water partition coefficient (Wildman–Crippen LogP) is 1.07. The van der Waals surface area contributed by atoms with E-state index in [4.69, 9.17) is 10.5 Å². The van der Waals surface area contributed by atoms with Crippen molar-refractivity contribution in [1.29, 1.82) is 5.26 Å². The fourth-order valence-corrected chi connectivity index (χ4v) is 0.901. The second-order valence-electron chi connectivity index (χ2n) is 3.11. The summed E-state index contributed by atoms with van der Waals surface area (Å²) < 4.78 is 1.36. The van der Waals surface area contributed by atoms with E-state index in [1.54, 1.807) is 32.3 Å². The first kappa shape index (κ1) is 9.26. The van der Waals surface area contributed by atoms with Crippen LogP contribution in [0.4, 0.5) is 0 Å². The number of oxime groups is 1. The van der Waals surface area contributed by atoms with Gasteiger partial charge in [-0.1, -0.05) is 5.16 Å². The Labute approximate surface area is 75.9 Å². The zero-order valence-corrected chi connectivity index (χ0v) is 7.47. The lowest BCUT2D eigenvalue weighted by molar-refractivity contribution is 0.309. The molecule has 0 radical (unpaired) electrons. The molecule has 1 aromatic rings. The maximum atomic E-state index is 8.81. The van der Waals surface area contributed by atoms with Crippen LogP contribution >= 0.6 is 0 Å². The first-order valence-electron chi connectivity index (χ1n) is 3.75. The van der Waals surface area contributed by atoms with Crippen LogP contribution in [0, 0.1) is 16.7 Å². The molecule has 0 amide bonds. The maximum Gasteiger partial charge on any atom is 0.188 e. The summed E-state index contributed by atoms with van der Waals surface area (Å²) >= 11 is 0. The Bertz CT molecular complexity index is 345. The van der Waals surface area contributed by atoms with Gasteiger partial charge in [0.2, 0.25) is 0 Å². The van der Waals surface area contributed by atoms with Crippen molar-refractivity contribution >= 4 is 5.84 Å². The van der Waals surface area contributed by atoms with Gasteiger partial charge in [0.25, 0.3) is 0 Å². The molecular formula is C8H10N4O. The minimum absolute atomic E-state index is 0.208. The zero-order valence-electron chi connectivity index (χ0n) is 7.47. The average Bonchev–Trinajstić information content (AvgIpc) is 2.58. The van der Waals surface area contributed by atoms with Gasteiger partial charge in [-0.2, -0.15) is 10.4 Å². The molecule has 1 aromatic heterocycles. The molecule has 0 saturated heterocycles. The molecule has 0 spiro atoms. The Morgan fingerprint density at radius 1 is 1.69 bits per heavy atom. The fourth-order valence-electron chi connectivity index (χ4n) is 0.901. The molecule has 5 nitrogen and oxygen atoms in total. The molecule has 0 atom stereocenters. The average molecular weight is 178 g/mol. The molecule has 13 heavy (non-hydrogen) atoms. The Morgan fingerprint density at radius 3 is 2.77 bits per heavy atom. The van der Waals surface area contributed by atoms with Crippen molar-refractivity contribution in [2.24, 2.45) is 10.6 Å². The van der Waals surface area contributed by atoms with Gasteiger partial charge in [-0.25, -0.2) is 4.68 Å². The van der Waals surface area contributed by atoms with E-state index in [0.717, 1.165) is 0 Å². The summed E-state index contributed by atoms with van der Waals surface area (Å²) in [7, 11) is 0. The van der Waals surface area contributed by atoms with Gasteiger partial charge >= 0.3 is 0 Å². The second-order valence-corrected chi connectivity index (χ2v) is 3.11. The molecule has 0 fully saturated rings. The minimum atomic E-state index is -0.860. The molecule has 0 bridgehead atoms. The first-order valence-corrected chi connectivity index (χ1v) is 3.75. The molecule has 0 aliphatic rings. The third-order valence-electron chi connectivity index (χ3n) is 1.65. The first-order chi connectivity index (χ1) is 6.11. The monoisotopic (exact) mass is 178 g/mol. The van der Waals surface area contributed by atoms with Crippen LogP contribution in [0.5, 0.6) is 0 Å². The van der Waals surface area contributed by atoms with Crippen LogP contribution < -0.4 is 0 Å². The zero-order chi connectivity index (χ0) is 9.90. The van der Waals surface area contributed by atoms with Crippen LogP contribution in [0.2, 0.25) is 0 Å². The van der Waals surface area contributed by atoms with Crippen LogP contribution in [-0.2, 0) is 0 Å². The molecule has 68 valence electrons. The highest BCUT2D eigenvalue weighted by Gasteiger charge is 2.27. The lowest BCUT2D eigenvalue weighted by Crippen LogP contribution is -2.29. The summed E-state index contributed by atoms with van der Waals surface area (Å²) in [6.45, 7) is 3.31. The molecule has 0 unspecified atom stereocenters. The molecule has 1 N–H and O–H groups in total. The summed E-state index contributed by atoms with van der Waals surface area (Å²) in [5, 5.41) is 24.5. The largest absolute Gasteiger partial charge is 0.409 e. The second kappa shape index (κ2) is 3.27. The molecular weight excluding hydrogens is 168 g/mol. The highest BCUT2D eigenvalue weighted by molar-refractivity contribution is 5.90. The minimum Gasteiger partial charge on any atom is -0.409 e. The Hall–Kier alpha value is -1.83. The molecule has 0 saturated carbocycles. The van der Waals surface area contributed by atoms with Crippen LogP contribution in [0.25, 0.3) is 0 Å². The number of rotatable bonds is 1. The number of nitriles is 1. The third-order valence-corrected chi connectivity index (χ3v) is 1.65. The summed E-state index contributed by atoms with van der Waals surface area (Å²) in [6.07, 6.45) is 3.17. The molecule has 0 aliphatic carbocycles. The fraction of sp³-hybridized carbons (Fsp3) is 0.375. The van der Waals surface area contributed by atoms with E-state index in [9.17, 15) is 0 Å². The number of hydrogen-bond donors (Lipinski definition) is 1. The lowest BCUT2D eigenvalue weighted by Gasteiger charge is -2.15. The lowest BCUT2D eigenvalue weighted by atomic mass is 9.94. The van der Waals surface area contributed by atoms with E-state index in [1.807, 2.05) is 6.07 Å². The van der Waals surface area contributed by atoms with Gasteiger partial charge in [-0.3, -0.25) is 0 Å². The van der Waals surface area contributed by atoms with Gasteiger partial charge in [0.15, 0.2) is 5.84 Å². The highest BCUT2D eigenvalue weighted by atomic mass is 16.4. The van der Waals surface area contributed by atoms with Gasteiger partial charge < -0.3 is 5.21 Å². The van der Waals surface area contributed by atoms with E-state index in [0.29, 0.717) is 0 Å². The van der Waals surface area contributed by atoms with Gasteiger partial charge in [-0.05, 0) is 19.9 Å². The van der Waals surface area contributed by atoms with Crippen molar-refractivity contribution in [2.75, 3.05) is 0 Å². The number of aromatic nitrogens is 2. The van der Waals surface area contributed by atoms with E-state index in [2.05, 4.69) is 10.3 Å². The Morgan fingerprint density at radius 2 is 2.38 bits per heavy atom. The van der Waals surface area contributed by atoms with Crippen LogP contribution in [0.15, 0.2) is 23.6 Å². The van der Waals surface area contributed by atoms with E-state index in [-0.39, 0.29) is 5.84 Å². The SMILES string of the molecule is CC(C)(C#N)C(=NO)n1cccn1. The maximum absolute atomic E-state index is 8.81. The smallest absolute Gasteiger partial charge is 0.188 e. The van der Waals surface area contributed by atoms with Crippen LogP contribution in [0.1, 0.15) is 13.8 Å². The van der Waals surface area contributed by atoms with Crippen molar-refractivity contribution in [3.63, 3.8) is 0 Å². The Balaban J connectivity index is 3.10. The van der Waals surface area contributed by atoms with Gasteiger partial charge in [0.1, 0.15) is 5.41 Å². The molecule has 1 rings (SSSR count). The van der Waals surface area contributed by atoms with E-state index < -0.39 is 5.41 Å². The van der Waals surface area contributed by atoms with Crippen molar-refractivity contribution in [3.8, 4) is 6.07 Å². The standard InChI is InChI=1S/C8H10N4O/c1-8(2,6-9)7(11-13)12-5-3-4-10-12/h3-5,13H,1-2H3. The Kier molecular flexibility index (Phi) is 2.33. The van der Waals surface area contributed by atoms with Gasteiger partial charge in [0.05, 0.1) is 6.07 Å². The normalized spacial score (nSPS) is 12.5. The summed E-state index contributed by atoms with van der Waals surface area (Å²) in [4.78, 5) is 0. The van der Waals surface area contributed by atoms with Crippen LogP contribution in [0.3, 0.4) is 0 Å². The summed E-state index contributed by atoms with van der Waals surface area (Å²) in [6, 6.07) is 3.72. The highest BCUT2D eigenvalue weighted by Crippen LogP contribution is 2.16. The van der Waals surface area contributed by atoms with Crippen molar-refractivity contribution in [3.05, 3.63) is 18.5 Å². The van der Waals surface area contributed by atoms with Crippen molar-refractivity contribution in [1.82, 2.24) is 9.78 Å². The van der Waals surface area contributed by atoms with E-state index >= 15 is 0 Å². The predicted molar refractivity (Wildman–Crippen MR) is 46.2 cm³/mol. The quantitative estimate of drug-likeness (QED) is 0.302. The molecule has 1 heterocycles. The number of nitrogens with zero attached hydrogens (tertiary/aromatic N) is 4. The van der Waals surface area contributed by atoms with Crippen LogP contribution in [-0.4, -0.2) is 20.8 Å². The number of hydrogen-bond acceptors (Lipinski definition) is 4.